The molecule has 19 heavy (non-hydrogen) atoms. The predicted octanol–water partition coefficient (Wildman–Crippen LogP) is 2.56. The van der Waals surface area contributed by atoms with Gasteiger partial charge in [-0.1, -0.05) is 18.5 Å². The van der Waals surface area contributed by atoms with Crippen LogP contribution in [0.5, 0.6) is 0 Å². The molecule has 2 rings (SSSR count). The highest BCUT2D eigenvalue weighted by molar-refractivity contribution is 6.31. The summed E-state index contributed by atoms with van der Waals surface area (Å²) in [5, 5.41) is 5.31. The van der Waals surface area contributed by atoms with Crippen molar-refractivity contribution in [3.8, 4) is 0 Å². The van der Waals surface area contributed by atoms with Crippen LogP contribution in [-0.4, -0.2) is 28.0 Å². The van der Waals surface area contributed by atoms with Gasteiger partial charge in [-0.3, -0.25) is 4.68 Å². The van der Waals surface area contributed by atoms with Crippen LogP contribution in [0.2, 0.25) is 5.02 Å². The SMILES string of the molecule is CCc1nn(CC)c(CC(N)C2CCC(C)O2)c1Cl. The molecule has 2 N–H and O–H groups in total. The highest BCUT2D eigenvalue weighted by atomic mass is 35.5. The van der Waals surface area contributed by atoms with Crippen LogP contribution in [0.3, 0.4) is 0 Å². The van der Waals surface area contributed by atoms with E-state index in [9.17, 15) is 0 Å². The van der Waals surface area contributed by atoms with Gasteiger partial charge in [0.15, 0.2) is 0 Å². The van der Waals surface area contributed by atoms with E-state index in [0.717, 1.165) is 48.6 Å². The number of aryl methyl sites for hydroxylation is 2. The molecule has 0 spiro atoms. The van der Waals surface area contributed by atoms with Crippen molar-refractivity contribution in [1.29, 1.82) is 0 Å². The standard InChI is InChI=1S/C14H24ClN3O/c1-4-11-14(15)12(18(5-2)17-11)8-10(16)13-7-6-9(3)19-13/h9-10,13H,4-8,16H2,1-3H3. The summed E-state index contributed by atoms with van der Waals surface area (Å²) in [6.07, 6.45) is 4.20. The van der Waals surface area contributed by atoms with Gasteiger partial charge in [-0.05, 0) is 33.1 Å². The van der Waals surface area contributed by atoms with E-state index in [4.69, 9.17) is 22.1 Å². The van der Waals surface area contributed by atoms with Crippen molar-refractivity contribution in [1.82, 2.24) is 9.78 Å². The van der Waals surface area contributed by atoms with Gasteiger partial charge in [-0.15, -0.1) is 0 Å². The van der Waals surface area contributed by atoms with Crippen molar-refractivity contribution < 1.29 is 4.74 Å². The first-order chi connectivity index (χ1) is 9.06. The predicted molar refractivity (Wildman–Crippen MR) is 77.5 cm³/mol. The van der Waals surface area contributed by atoms with Crippen LogP contribution in [0.15, 0.2) is 0 Å². The second kappa shape index (κ2) is 6.25. The average molecular weight is 286 g/mol. The van der Waals surface area contributed by atoms with Crippen LogP contribution < -0.4 is 5.73 Å². The molecule has 0 radical (unpaired) electrons. The molecule has 4 nitrogen and oxygen atoms in total. The van der Waals surface area contributed by atoms with Crippen molar-refractivity contribution in [2.24, 2.45) is 5.73 Å². The lowest BCUT2D eigenvalue weighted by Crippen LogP contribution is -2.37. The smallest absolute Gasteiger partial charge is 0.0850 e. The Morgan fingerprint density at radius 2 is 2.21 bits per heavy atom. The minimum absolute atomic E-state index is 0.00541. The first-order valence-corrected chi connectivity index (χ1v) is 7.59. The topological polar surface area (TPSA) is 53.1 Å². The summed E-state index contributed by atoms with van der Waals surface area (Å²) in [6, 6.07) is -0.00541. The Balaban J connectivity index is 2.11. The van der Waals surface area contributed by atoms with E-state index in [1.165, 1.54) is 0 Å². The highest BCUT2D eigenvalue weighted by Gasteiger charge is 2.29. The molecule has 1 aliphatic heterocycles. The number of rotatable bonds is 5. The van der Waals surface area contributed by atoms with E-state index >= 15 is 0 Å². The zero-order valence-corrected chi connectivity index (χ0v) is 12.8. The van der Waals surface area contributed by atoms with Gasteiger partial charge >= 0.3 is 0 Å². The minimum Gasteiger partial charge on any atom is -0.374 e. The number of nitrogens with zero attached hydrogens (tertiary/aromatic N) is 2. The van der Waals surface area contributed by atoms with Gasteiger partial charge in [-0.2, -0.15) is 5.10 Å². The van der Waals surface area contributed by atoms with Gasteiger partial charge in [0, 0.05) is 19.0 Å². The van der Waals surface area contributed by atoms with Crippen molar-refractivity contribution >= 4 is 11.6 Å². The number of hydrogen-bond acceptors (Lipinski definition) is 3. The normalized spacial score (nSPS) is 24.9. The van der Waals surface area contributed by atoms with Crippen molar-refractivity contribution in [2.45, 2.75) is 71.2 Å². The molecule has 1 saturated heterocycles. The molecule has 5 heteroatoms. The molecule has 1 aromatic heterocycles. The maximum Gasteiger partial charge on any atom is 0.0850 e. The first-order valence-electron chi connectivity index (χ1n) is 7.21. The Bertz CT molecular complexity index is 433. The monoisotopic (exact) mass is 285 g/mol. The van der Waals surface area contributed by atoms with Gasteiger partial charge in [0.05, 0.1) is 28.6 Å². The molecule has 3 atom stereocenters. The summed E-state index contributed by atoms with van der Waals surface area (Å²) in [7, 11) is 0. The summed E-state index contributed by atoms with van der Waals surface area (Å²) >= 11 is 6.41. The molecule has 0 saturated carbocycles. The molecule has 0 bridgehead atoms. The lowest BCUT2D eigenvalue weighted by molar-refractivity contribution is 0.0401. The summed E-state index contributed by atoms with van der Waals surface area (Å²) in [4.78, 5) is 0. The van der Waals surface area contributed by atoms with E-state index < -0.39 is 0 Å². The molecule has 0 amide bonds. The fourth-order valence-corrected chi connectivity index (χ4v) is 3.06. The molecule has 3 unspecified atom stereocenters. The maximum atomic E-state index is 6.41. The molecule has 2 heterocycles. The largest absolute Gasteiger partial charge is 0.374 e. The Hall–Kier alpha value is -0.580. The molecule has 1 aromatic rings. The van der Waals surface area contributed by atoms with Gasteiger partial charge in [0.25, 0.3) is 0 Å². The number of halogens is 1. The molecular formula is C14H24ClN3O. The third-order valence-electron chi connectivity index (χ3n) is 3.87. The number of nitrogens with two attached hydrogens (primary N) is 1. The van der Waals surface area contributed by atoms with Crippen molar-refractivity contribution in [3.63, 3.8) is 0 Å². The minimum atomic E-state index is -0.00541. The Morgan fingerprint density at radius 1 is 1.47 bits per heavy atom. The molecular weight excluding hydrogens is 262 g/mol. The van der Waals surface area contributed by atoms with Gasteiger partial charge in [-0.25, -0.2) is 0 Å². The molecule has 1 fully saturated rings. The summed E-state index contributed by atoms with van der Waals surface area (Å²) < 4.78 is 7.82. The van der Waals surface area contributed by atoms with Crippen LogP contribution in [0.25, 0.3) is 0 Å². The number of aromatic nitrogens is 2. The van der Waals surface area contributed by atoms with Crippen molar-refractivity contribution in [2.75, 3.05) is 0 Å². The number of hydrogen-bond donors (Lipinski definition) is 1. The summed E-state index contributed by atoms with van der Waals surface area (Å²) in [5.74, 6) is 0. The average Bonchev–Trinajstić information content (AvgIpc) is 2.95. The van der Waals surface area contributed by atoms with Crippen LogP contribution in [0.1, 0.15) is 45.0 Å². The van der Waals surface area contributed by atoms with Crippen LogP contribution in [0.4, 0.5) is 0 Å². The lowest BCUT2D eigenvalue weighted by atomic mass is 10.0. The molecule has 0 aromatic carbocycles. The van der Waals surface area contributed by atoms with E-state index in [2.05, 4.69) is 25.9 Å². The summed E-state index contributed by atoms with van der Waals surface area (Å²) in [5.41, 5.74) is 8.31. The van der Waals surface area contributed by atoms with Crippen LogP contribution in [-0.2, 0) is 24.1 Å². The third kappa shape index (κ3) is 3.12. The lowest BCUT2D eigenvalue weighted by Gasteiger charge is -2.20. The Labute approximate surface area is 120 Å². The van der Waals surface area contributed by atoms with Crippen LogP contribution in [0, 0.1) is 0 Å². The van der Waals surface area contributed by atoms with Gasteiger partial charge < -0.3 is 10.5 Å². The second-order valence-corrected chi connectivity index (χ2v) is 5.69. The van der Waals surface area contributed by atoms with E-state index in [1.807, 2.05) is 4.68 Å². The third-order valence-corrected chi connectivity index (χ3v) is 4.30. The van der Waals surface area contributed by atoms with Gasteiger partial charge in [0.1, 0.15) is 0 Å². The molecule has 0 aliphatic carbocycles. The maximum absolute atomic E-state index is 6.41. The highest BCUT2D eigenvalue weighted by Crippen LogP contribution is 2.26. The van der Waals surface area contributed by atoms with Crippen LogP contribution >= 0.6 is 11.6 Å². The number of ether oxygens (including phenoxy) is 1. The summed E-state index contributed by atoms with van der Waals surface area (Å²) in [6.45, 7) is 7.07. The molecule has 1 aliphatic rings. The fourth-order valence-electron chi connectivity index (χ4n) is 2.72. The van der Waals surface area contributed by atoms with Crippen molar-refractivity contribution in [3.05, 3.63) is 16.4 Å². The zero-order chi connectivity index (χ0) is 14.0. The first kappa shape index (κ1) is 14.8. The Morgan fingerprint density at radius 3 is 2.74 bits per heavy atom. The van der Waals surface area contributed by atoms with E-state index in [-0.39, 0.29) is 12.1 Å². The quantitative estimate of drug-likeness (QED) is 0.904. The van der Waals surface area contributed by atoms with E-state index in [0.29, 0.717) is 6.10 Å². The Kier molecular flexibility index (Phi) is 4.87. The zero-order valence-electron chi connectivity index (χ0n) is 12.0. The fraction of sp³-hybridized carbons (Fsp3) is 0.786. The molecule has 108 valence electrons. The van der Waals surface area contributed by atoms with Gasteiger partial charge in [0.2, 0.25) is 0 Å². The second-order valence-electron chi connectivity index (χ2n) is 5.31. The van der Waals surface area contributed by atoms with E-state index in [1.54, 1.807) is 0 Å².